The van der Waals surface area contributed by atoms with E-state index >= 15 is 0 Å². The summed E-state index contributed by atoms with van der Waals surface area (Å²) in [4.78, 5) is 60.6. The molecule has 6 fully saturated rings. The van der Waals surface area contributed by atoms with E-state index in [0.29, 0.717) is 25.7 Å². The van der Waals surface area contributed by atoms with Gasteiger partial charge in [-0.05, 0) is 174 Å². The van der Waals surface area contributed by atoms with Crippen LogP contribution in [0.4, 0.5) is 9.59 Å². The van der Waals surface area contributed by atoms with E-state index < -0.39 is 228 Å². The normalized spacial score (nSPS) is 47.6. The second-order valence-corrected chi connectivity index (χ2v) is 35.9. The minimum Gasteiger partial charge on any atom is -0.459 e. The van der Waals surface area contributed by atoms with Crippen LogP contribution in [0.5, 0.6) is 0 Å². The van der Waals surface area contributed by atoms with E-state index in [0.717, 1.165) is 0 Å². The van der Waals surface area contributed by atoms with Gasteiger partial charge in [-0.1, -0.05) is 55.4 Å². The molecule has 6 aliphatic rings. The number of aliphatic hydroxyl groups is 8. The SMILES string of the molecule is CC[C@H]1OC(=O)[C@H](C)[C@@H](OC2CC(C)(OC)C(OC(=O)NCCCCNC(=O)OC3C(C)OC(O[C@H]4[C@H](C)[C@@H](OC5OC(C)CC(N(C)C)C5O)[C@](C)(O)C[C@@H](C)[C@H](N)[C@H](C)[C@@H](O)[C@](C)(O)[C@@H](CC)OC(=O)[C@@H]4C)CC3(C)OC)C(C)O2)[C@H](C)[C@@H](OC2OC(C)CC(N(C)C)C2O)[C@](C)(O)C[C@@H](C)[C@H](N)[C@H](C)[C@@H](O)[C@]1(C)O. The molecule has 6 heterocycles. The molecule has 6 rings (SSSR count). The largest absolute Gasteiger partial charge is 0.459 e. The highest BCUT2D eigenvalue weighted by atomic mass is 16.7. The first kappa shape index (κ1) is 97.4. The second-order valence-electron chi connectivity index (χ2n) is 35.9. The number of aliphatic hydroxyl groups excluding tert-OH is 4. The highest BCUT2D eigenvalue weighted by molar-refractivity contribution is 5.74. The Hall–Kier alpha value is -3.40. The highest BCUT2D eigenvalue weighted by Crippen LogP contribution is 2.46. The van der Waals surface area contributed by atoms with Crippen molar-refractivity contribution in [2.24, 2.45) is 58.8 Å². The van der Waals surface area contributed by atoms with Crippen molar-refractivity contribution >= 4 is 24.1 Å². The van der Waals surface area contributed by atoms with E-state index in [1.54, 1.807) is 96.9 Å². The van der Waals surface area contributed by atoms with Gasteiger partial charge in [-0.2, -0.15) is 0 Å². The maximum atomic E-state index is 14.7. The number of nitrogens with zero attached hydrogens (tertiary/aromatic N) is 2. The number of methoxy groups -OCH3 is 2. The number of unbranched alkanes of at least 4 members (excludes halogenated alkanes) is 1. The number of nitrogens with two attached hydrogens (primary N) is 2. The molecule has 14 N–H and O–H groups in total. The first-order chi connectivity index (χ1) is 51.8. The molecular weight excluding hydrogens is 1460 g/mol. The van der Waals surface area contributed by atoms with Crippen molar-refractivity contribution in [1.29, 1.82) is 0 Å². The van der Waals surface area contributed by atoms with Crippen LogP contribution < -0.4 is 22.1 Å². The molecular formula is C80H148N6O26. The number of alkyl carbamates (subject to hydrolysis) is 2. The number of carbonyl (C=O) groups excluding carboxylic acids is 4. The number of rotatable bonds is 21. The number of hydrogen-bond donors (Lipinski definition) is 12. The van der Waals surface area contributed by atoms with Crippen molar-refractivity contribution in [2.75, 3.05) is 55.5 Å². The quantitative estimate of drug-likeness (QED) is 0.0432. The molecule has 38 atom stereocenters. The molecule has 32 heteroatoms. The fourth-order valence-electron chi connectivity index (χ4n) is 18.6. The summed E-state index contributed by atoms with van der Waals surface area (Å²) in [5.74, 6) is -8.25. The van der Waals surface area contributed by atoms with Crippen LogP contribution in [0.15, 0.2) is 0 Å². The van der Waals surface area contributed by atoms with Crippen LogP contribution in [-0.4, -0.2) is 311 Å². The van der Waals surface area contributed by atoms with Crippen molar-refractivity contribution in [3.8, 4) is 0 Å². The van der Waals surface area contributed by atoms with Gasteiger partial charge in [0.2, 0.25) is 0 Å². The predicted octanol–water partition coefficient (Wildman–Crippen LogP) is 4.35. The van der Waals surface area contributed by atoms with Gasteiger partial charge < -0.3 is 139 Å². The molecule has 6 saturated heterocycles. The van der Waals surface area contributed by atoms with E-state index in [4.69, 9.17) is 77.8 Å². The molecule has 0 radical (unpaired) electrons. The number of amides is 2. The van der Waals surface area contributed by atoms with E-state index in [-0.39, 0.29) is 75.9 Å². The van der Waals surface area contributed by atoms with E-state index in [1.165, 1.54) is 28.1 Å². The Morgan fingerprint density at radius 2 is 0.812 bits per heavy atom. The minimum absolute atomic E-state index is 0.000773. The fraction of sp³-hybridized carbons (Fsp3) is 0.950. The van der Waals surface area contributed by atoms with Gasteiger partial charge >= 0.3 is 24.1 Å². The first-order valence-corrected chi connectivity index (χ1v) is 40.9. The molecule has 0 saturated carbocycles. The maximum Gasteiger partial charge on any atom is 0.407 e. The molecule has 32 nitrogen and oxygen atoms in total. The van der Waals surface area contributed by atoms with Crippen LogP contribution in [0, 0.1) is 47.3 Å². The molecule has 6 aliphatic heterocycles. The Kier molecular flexibility index (Phi) is 34.9. The first-order valence-electron chi connectivity index (χ1n) is 40.9. The summed E-state index contributed by atoms with van der Waals surface area (Å²) >= 11 is 0. The van der Waals surface area contributed by atoms with Crippen molar-refractivity contribution in [3.05, 3.63) is 0 Å². The standard InChI is InChI=1S/C80H148N6O26/c1-27-53-79(19,97)63(89)43(7)57(81)39(3)35-75(15,95)65(109-71-59(87)51(85(21)22)33-41(5)101-71)45(9)61(47(11)69(91)105-53)107-55-37-77(17,99-25)67(49(13)103-55)111-73(93)83-31-29-30-32-84-74(94)112-68-50(14)104-56(38-78(68,18)100-26)108-62-46(10)66(110-72-60(88)52(86(23)24)34-42(6)102-72)76(16,96)36-40(4)58(82)44(8)64(90)80(20,98)54(28-2)106-70(92)48(62)12/h39-68,71-72,87-90,95-98H,27-38,81-82H2,1-26H3,(H,83,93)(H,84,94)/t39-,40-,41?,42?,43+,44+,45+,46+,47-,48-,49?,50?,51?,52?,53-,54-,55?,56?,57+,58+,59?,60?,61+,62+,63-,64-,65-,66-,67?,68?,71?,72?,75-,76-,77?,78?,79-,80-/m1/s1. The van der Waals surface area contributed by atoms with Crippen LogP contribution in [0.25, 0.3) is 0 Å². The van der Waals surface area contributed by atoms with Gasteiger partial charge in [0.25, 0.3) is 0 Å². The number of hydrogen-bond acceptors (Lipinski definition) is 30. The average molecular weight is 1610 g/mol. The number of ether oxygens (including phenoxy) is 14. The zero-order valence-electron chi connectivity index (χ0n) is 71.9. The molecule has 0 spiro atoms. The van der Waals surface area contributed by atoms with Crippen molar-refractivity contribution < 1.29 is 126 Å². The second kappa shape index (κ2) is 40.1. The van der Waals surface area contributed by atoms with Gasteiger partial charge in [-0.3, -0.25) is 9.59 Å². The van der Waals surface area contributed by atoms with Crippen molar-refractivity contribution in [2.45, 2.75) is 383 Å². The van der Waals surface area contributed by atoms with Crippen LogP contribution >= 0.6 is 0 Å². The fourth-order valence-corrected chi connectivity index (χ4v) is 18.6. The lowest BCUT2D eigenvalue weighted by Gasteiger charge is -2.49. The third kappa shape index (κ3) is 22.9. The van der Waals surface area contributed by atoms with Crippen LogP contribution in [0.2, 0.25) is 0 Å². The van der Waals surface area contributed by atoms with E-state index in [9.17, 15) is 60.0 Å². The van der Waals surface area contributed by atoms with Crippen LogP contribution in [0.3, 0.4) is 0 Å². The van der Waals surface area contributed by atoms with Crippen LogP contribution in [0.1, 0.15) is 203 Å². The van der Waals surface area contributed by atoms with Gasteiger partial charge in [-0.15, -0.1) is 0 Å². The van der Waals surface area contributed by atoms with Gasteiger partial charge in [-0.25, -0.2) is 9.59 Å². The lowest BCUT2D eigenvalue weighted by Crippen LogP contribution is -2.62. The number of carbonyl (C=O) groups is 4. The highest BCUT2D eigenvalue weighted by Gasteiger charge is 2.58. The average Bonchev–Trinajstić information content (AvgIpc) is 0.774. The van der Waals surface area contributed by atoms with Crippen LogP contribution in [-0.2, 0) is 75.9 Å². The smallest absolute Gasteiger partial charge is 0.407 e. The zero-order valence-corrected chi connectivity index (χ0v) is 71.9. The molecule has 654 valence electrons. The van der Waals surface area contributed by atoms with Crippen molar-refractivity contribution in [3.63, 3.8) is 0 Å². The number of nitrogens with one attached hydrogen (secondary N) is 2. The summed E-state index contributed by atoms with van der Waals surface area (Å²) in [6, 6.07) is -2.33. The molecule has 2 amide bonds. The Morgan fingerprint density at radius 3 is 1.11 bits per heavy atom. The van der Waals surface area contributed by atoms with Gasteiger partial charge in [0.05, 0.1) is 84.1 Å². The predicted molar refractivity (Wildman–Crippen MR) is 412 cm³/mol. The molecule has 16 unspecified atom stereocenters. The summed E-state index contributed by atoms with van der Waals surface area (Å²) in [7, 11) is 10.3. The van der Waals surface area contributed by atoms with E-state index in [2.05, 4.69) is 10.6 Å². The Balaban J connectivity index is 1.12. The third-order valence-electron chi connectivity index (χ3n) is 25.9. The summed E-state index contributed by atoms with van der Waals surface area (Å²) in [6.45, 7) is 34.0. The third-order valence-corrected chi connectivity index (χ3v) is 25.9. The Morgan fingerprint density at radius 1 is 0.491 bits per heavy atom. The summed E-state index contributed by atoms with van der Waals surface area (Å²) in [5, 5.41) is 103. The number of likely N-dealkylation sites (N-methyl/N-ethyl adjacent to an activating group) is 2. The summed E-state index contributed by atoms with van der Waals surface area (Å²) in [6.07, 6.45) is -21.5. The number of esters is 2. The minimum atomic E-state index is -1.96. The molecule has 0 bridgehead atoms. The van der Waals surface area contributed by atoms with Gasteiger partial charge in [0.1, 0.15) is 46.8 Å². The lowest BCUT2D eigenvalue weighted by molar-refractivity contribution is -0.318. The monoisotopic (exact) mass is 1610 g/mol. The molecule has 0 aromatic carbocycles. The summed E-state index contributed by atoms with van der Waals surface area (Å²) in [5.41, 5.74) is 3.72. The topological polar surface area (TPSA) is 442 Å². The lowest BCUT2D eigenvalue weighted by atomic mass is 9.72. The van der Waals surface area contributed by atoms with Gasteiger partial charge in [0, 0.05) is 88.0 Å². The Bertz CT molecular complexity index is 2770. The van der Waals surface area contributed by atoms with E-state index in [1.807, 2.05) is 65.7 Å². The van der Waals surface area contributed by atoms with Crippen molar-refractivity contribution in [1.82, 2.24) is 20.4 Å². The molecule has 0 aliphatic carbocycles. The Labute approximate surface area is 665 Å². The van der Waals surface area contributed by atoms with Gasteiger partial charge in [0.15, 0.2) is 37.4 Å². The molecule has 0 aromatic rings. The molecule has 112 heavy (non-hydrogen) atoms. The molecule has 0 aromatic heterocycles. The zero-order chi connectivity index (χ0) is 84.7. The number of cyclic esters (lactones) is 2. The maximum absolute atomic E-state index is 14.7. The summed E-state index contributed by atoms with van der Waals surface area (Å²) < 4.78 is 89.8.